The van der Waals surface area contributed by atoms with E-state index in [0.29, 0.717) is 5.41 Å². The van der Waals surface area contributed by atoms with Gasteiger partial charge in [0.05, 0.1) is 0 Å². The lowest BCUT2D eigenvalue weighted by Crippen LogP contribution is -2.59. The molecule has 0 N–H and O–H groups in total. The van der Waals surface area contributed by atoms with E-state index in [4.69, 9.17) is 4.79 Å². The van der Waals surface area contributed by atoms with Crippen molar-refractivity contribution in [3.05, 3.63) is 59.4 Å². The van der Waals surface area contributed by atoms with Gasteiger partial charge in [-0.05, 0) is 79.6 Å². The number of hydrogen-bond acceptors (Lipinski definition) is 2. The van der Waals surface area contributed by atoms with Crippen molar-refractivity contribution in [2.45, 2.75) is 56.2 Å². The normalized spacial score (nSPS) is 27.4. The van der Waals surface area contributed by atoms with Crippen LogP contribution in [0.4, 0.5) is 17.6 Å². The largest absolute Gasteiger partial charge is 0.446 e. The van der Waals surface area contributed by atoms with Crippen LogP contribution in [-0.4, -0.2) is 37.0 Å². The number of nitrogens with zero attached hydrogens (tertiary/aromatic N) is 1. The third kappa shape index (κ3) is 4.27. The summed E-state index contributed by atoms with van der Waals surface area (Å²) in [5.74, 6) is 0.654. The molecule has 3 aliphatic rings. The number of hydrogen-bond donors (Lipinski definition) is 0. The molecule has 5 rings (SSSR count). The van der Waals surface area contributed by atoms with Gasteiger partial charge in [-0.2, -0.15) is 13.2 Å². The highest BCUT2D eigenvalue weighted by atomic mass is 19.4. The zero-order valence-electron chi connectivity index (χ0n) is 17.6. The molecular formula is C25H27F4NO. The lowest BCUT2D eigenvalue weighted by atomic mass is 9.52. The van der Waals surface area contributed by atoms with Crippen LogP contribution in [0.5, 0.6) is 0 Å². The van der Waals surface area contributed by atoms with Crippen LogP contribution in [0.25, 0.3) is 11.1 Å². The van der Waals surface area contributed by atoms with E-state index in [0.717, 1.165) is 17.5 Å². The standard InChI is InChI=1S/C23H26FN.C2HF3O/c1-25-13-12-23-11-3-2-4-20(23)22(25)15-18-6-5-17(14-21(18)23)16-7-9-19(24)10-8-16;3-2(4,5)1-6/h5-10,14,20,22H,2-4,11-13,15H2,1H3;1H/t20-,22-,23?;/m1./s1. The number of carbonyl (C=O) groups is 1. The van der Waals surface area contributed by atoms with E-state index in [1.54, 1.807) is 23.3 Å². The first-order valence-electron chi connectivity index (χ1n) is 10.9. The molecule has 6 heteroatoms. The van der Waals surface area contributed by atoms with Gasteiger partial charge < -0.3 is 4.90 Å². The zero-order chi connectivity index (χ0) is 22.2. The van der Waals surface area contributed by atoms with E-state index in [9.17, 15) is 17.6 Å². The Balaban J connectivity index is 0.000000342. The highest BCUT2D eigenvalue weighted by Gasteiger charge is 2.52. The molecule has 3 atom stereocenters. The Labute approximate surface area is 180 Å². The molecule has 2 aromatic rings. The summed E-state index contributed by atoms with van der Waals surface area (Å²) in [7, 11) is 2.32. The van der Waals surface area contributed by atoms with Gasteiger partial charge in [-0.25, -0.2) is 4.39 Å². The predicted molar refractivity (Wildman–Crippen MR) is 112 cm³/mol. The van der Waals surface area contributed by atoms with E-state index in [-0.39, 0.29) is 5.82 Å². The fraction of sp³-hybridized carbons (Fsp3) is 0.480. The Morgan fingerprint density at radius 1 is 1.03 bits per heavy atom. The maximum absolute atomic E-state index is 13.3. The minimum atomic E-state index is -4.64. The molecular weight excluding hydrogens is 406 g/mol. The smallest absolute Gasteiger partial charge is 0.303 e. The average molecular weight is 433 g/mol. The summed E-state index contributed by atoms with van der Waals surface area (Å²) < 4.78 is 44.5. The van der Waals surface area contributed by atoms with Crippen molar-refractivity contribution in [3.63, 3.8) is 0 Å². The van der Waals surface area contributed by atoms with Gasteiger partial charge in [-0.1, -0.05) is 43.2 Å². The van der Waals surface area contributed by atoms with Crippen LogP contribution in [0.2, 0.25) is 0 Å². The molecule has 0 aromatic heterocycles. The number of alkyl halides is 3. The average Bonchev–Trinajstić information content (AvgIpc) is 2.76. The van der Waals surface area contributed by atoms with E-state index < -0.39 is 12.5 Å². The van der Waals surface area contributed by atoms with Crippen molar-refractivity contribution in [1.29, 1.82) is 0 Å². The van der Waals surface area contributed by atoms with Gasteiger partial charge in [0, 0.05) is 11.5 Å². The van der Waals surface area contributed by atoms with Crippen molar-refractivity contribution in [1.82, 2.24) is 4.90 Å². The first kappa shape index (κ1) is 22.0. The summed E-state index contributed by atoms with van der Waals surface area (Å²) in [6.45, 7) is 1.22. The summed E-state index contributed by atoms with van der Waals surface area (Å²) in [6, 6.07) is 14.7. The zero-order valence-corrected chi connectivity index (χ0v) is 17.6. The van der Waals surface area contributed by atoms with E-state index in [1.807, 2.05) is 12.1 Å². The molecule has 0 radical (unpaired) electrons. The number of halogens is 4. The maximum Gasteiger partial charge on any atom is 0.446 e. The number of benzene rings is 2. The van der Waals surface area contributed by atoms with Crippen LogP contribution < -0.4 is 0 Å². The van der Waals surface area contributed by atoms with E-state index in [1.165, 1.54) is 50.6 Å². The van der Waals surface area contributed by atoms with Gasteiger partial charge >= 0.3 is 6.18 Å². The monoisotopic (exact) mass is 433 g/mol. The quantitative estimate of drug-likeness (QED) is 0.411. The Kier molecular flexibility index (Phi) is 5.95. The maximum atomic E-state index is 13.3. The number of aldehydes is 1. The molecule has 166 valence electrons. The molecule has 1 saturated heterocycles. The first-order valence-corrected chi connectivity index (χ1v) is 10.9. The number of fused-ring (bicyclic) bond motifs is 1. The molecule has 2 nitrogen and oxygen atoms in total. The van der Waals surface area contributed by atoms with Crippen molar-refractivity contribution in [2.75, 3.05) is 13.6 Å². The van der Waals surface area contributed by atoms with Gasteiger partial charge in [0.1, 0.15) is 5.82 Å². The van der Waals surface area contributed by atoms with Crippen LogP contribution in [0.1, 0.15) is 43.2 Å². The minimum Gasteiger partial charge on any atom is -0.303 e. The molecule has 1 unspecified atom stereocenters. The molecule has 2 aromatic carbocycles. The van der Waals surface area contributed by atoms with E-state index >= 15 is 0 Å². The molecule has 1 aliphatic heterocycles. The van der Waals surface area contributed by atoms with Crippen molar-refractivity contribution in [3.8, 4) is 11.1 Å². The fourth-order valence-corrected chi connectivity index (χ4v) is 6.02. The van der Waals surface area contributed by atoms with Crippen LogP contribution in [0.15, 0.2) is 42.5 Å². The summed E-state index contributed by atoms with van der Waals surface area (Å²) in [5, 5.41) is 0. The topological polar surface area (TPSA) is 20.3 Å². The van der Waals surface area contributed by atoms with Crippen LogP contribution in [-0.2, 0) is 16.6 Å². The highest BCUT2D eigenvalue weighted by molar-refractivity contribution is 5.66. The Morgan fingerprint density at radius 3 is 2.39 bits per heavy atom. The van der Waals surface area contributed by atoms with Crippen LogP contribution in [0.3, 0.4) is 0 Å². The van der Waals surface area contributed by atoms with Crippen molar-refractivity contribution >= 4 is 6.29 Å². The van der Waals surface area contributed by atoms with Gasteiger partial charge in [-0.15, -0.1) is 0 Å². The second-order valence-electron chi connectivity index (χ2n) is 9.05. The third-order valence-corrected chi connectivity index (χ3v) is 7.43. The number of likely N-dealkylation sites (tertiary alicyclic amines) is 1. The second kappa shape index (κ2) is 8.38. The molecule has 2 bridgehead atoms. The van der Waals surface area contributed by atoms with Gasteiger partial charge in [0.15, 0.2) is 0 Å². The molecule has 1 heterocycles. The third-order valence-electron chi connectivity index (χ3n) is 7.43. The van der Waals surface area contributed by atoms with Crippen molar-refractivity contribution in [2.24, 2.45) is 5.92 Å². The number of rotatable bonds is 1. The summed E-state index contributed by atoms with van der Waals surface area (Å²) in [6.07, 6.45) is 2.29. The SMILES string of the molecule is CN1CCC23CCCC[C@@H]2[C@H]1Cc1ccc(-c2ccc(F)cc2)cc13.O=CC(F)(F)F. The van der Waals surface area contributed by atoms with Gasteiger partial charge in [-0.3, -0.25) is 4.79 Å². The fourth-order valence-electron chi connectivity index (χ4n) is 6.02. The van der Waals surface area contributed by atoms with Crippen LogP contribution in [0, 0.1) is 11.7 Å². The van der Waals surface area contributed by atoms with Crippen LogP contribution >= 0.6 is 0 Å². The highest BCUT2D eigenvalue weighted by Crippen LogP contribution is 2.55. The van der Waals surface area contributed by atoms with Gasteiger partial charge in [0.2, 0.25) is 6.29 Å². The molecule has 1 saturated carbocycles. The lowest BCUT2D eigenvalue weighted by molar-refractivity contribution is -0.156. The molecule has 0 spiro atoms. The van der Waals surface area contributed by atoms with Crippen molar-refractivity contribution < 1.29 is 22.4 Å². The Morgan fingerprint density at radius 2 is 1.71 bits per heavy atom. The second-order valence-corrected chi connectivity index (χ2v) is 9.05. The summed E-state index contributed by atoms with van der Waals surface area (Å²) in [4.78, 5) is 11.3. The molecule has 2 fully saturated rings. The predicted octanol–water partition coefficient (Wildman–Crippen LogP) is 5.93. The summed E-state index contributed by atoms with van der Waals surface area (Å²) >= 11 is 0. The Bertz CT molecular complexity index is 940. The van der Waals surface area contributed by atoms with Gasteiger partial charge in [0.25, 0.3) is 0 Å². The molecule has 0 amide bonds. The number of piperidine rings is 1. The lowest BCUT2D eigenvalue weighted by Gasteiger charge is -2.58. The minimum absolute atomic E-state index is 0.161. The summed E-state index contributed by atoms with van der Waals surface area (Å²) in [5.41, 5.74) is 5.93. The van der Waals surface area contributed by atoms with E-state index in [2.05, 4.69) is 30.1 Å². The molecule has 2 aliphatic carbocycles. The molecule has 31 heavy (non-hydrogen) atoms. The Hall–Kier alpha value is -2.21. The number of carbonyl (C=O) groups excluding carboxylic acids is 1. The number of likely N-dealkylation sites (N-methyl/N-ethyl adjacent to an activating group) is 1. The first-order chi connectivity index (χ1) is 14.7.